The van der Waals surface area contributed by atoms with E-state index in [0.717, 1.165) is 16.3 Å². The molecular weight excluding hydrogens is 400 g/mol. The van der Waals surface area contributed by atoms with Crippen LogP contribution < -0.4 is 15.4 Å². The molecule has 0 aliphatic rings. The number of ether oxygens (including phenoxy) is 1. The van der Waals surface area contributed by atoms with Gasteiger partial charge in [-0.25, -0.2) is 0 Å². The standard InChI is InChI=1S/C27H24N2O3/c1-19(21-16-15-20-9-5-6-10-22(20)17-21)28-26(30)18-32-25-14-8-7-13-24(25)27(31)29-23-11-3-2-4-12-23/h2-17,19H,18H2,1H3,(H,28,30)(H,29,31). The van der Waals surface area contributed by atoms with Crippen molar-refractivity contribution < 1.29 is 14.3 Å². The topological polar surface area (TPSA) is 67.4 Å². The van der Waals surface area contributed by atoms with Crippen molar-refractivity contribution >= 4 is 28.3 Å². The lowest BCUT2D eigenvalue weighted by Crippen LogP contribution is -2.31. The van der Waals surface area contributed by atoms with Gasteiger partial charge in [0.2, 0.25) is 0 Å². The molecule has 0 spiro atoms. The van der Waals surface area contributed by atoms with Crippen molar-refractivity contribution in [1.82, 2.24) is 5.32 Å². The molecule has 4 aromatic rings. The van der Waals surface area contributed by atoms with Gasteiger partial charge in [0.1, 0.15) is 5.75 Å². The lowest BCUT2D eigenvalue weighted by Gasteiger charge is -2.16. The van der Waals surface area contributed by atoms with E-state index < -0.39 is 0 Å². The third kappa shape index (κ3) is 5.13. The summed E-state index contributed by atoms with van der Waals surface area (Å²) in [6.07, 6.45) is 0. The van der Waals surface area contributed by atoms with Crippen LogP contribution in [0.15, 0.2) is 97.1 Å². The summed E-state index contributed by atoms with van der Waals surface area (Å²) < 4.78 is 5.69. The van der Waals surface area contributed by atoms with Gasteiger partial charge in [-0.15, -0.1) is 0 Å². The summed E-state index contributed by atoms with van der Waals surface area (Å²) in [4.78, 5) is 25.2. The molecule has 4 aromatic carbocycles. The number of benzene rings is 4. The summed E-state index contributed by atoms with van der Waals surface area (Å²) in [5.41, 5.74) is 2.07. The SMILES string of the molecule is CC(NC(=O)COc1ccccc1C(=O)Nc1ccccc1)c1ccc2ccccc2c1. The minimum Gasteiger partial charge on any atom is -0.483 e. The van der Waals surface area contributed by atoms with Crippen LogP contribution in [-0.4, -0.2) is 18.4 Å². The summed E-state index contributed by atoms with van der Waals surface area (Å²) in [6, 6.07) is 30.1. The molecule has 160 valence electrons. The molecule has 1 unspecified atom stereocenters. The molecule has 0 aliphatic carbocycles. The molecule has 2 N–H and O–H groups in total. The number of anilines is 1. The van der Waals surface area contributed by atoms with Gasteiger partial charge in [0.15, 0.2) is 6.61 Å². The number of fused-ring (bicyclic) bond motifs is 1. The van der Waals surface area contributed by atoms with E-state index in [2.05, 4.69) is 22.8 Å². The third-order valence-corrected chi connectivity index (χ3v) is 5.17. The number of rotatable bonds is 7. The van der Waals surface area contributed by atoms with Crippen LogP contribution in [0, 0.1) is 0 Å². The molecule has 0 radical (unpaired) electrons. The fourth-order valence-electron chi connectivity index (χ4n) is 3.49. The quantitative estimate of drug-likeness (QED) is 0.420. The van der Waals surface area contributed by atoms with Crippen LogP contribution in [0.3, 0.4) is 0 Å². The maximum absolute atomic E-state index is 12.7. The predicted octanol–water partition coefficient (Wildman–Crippen LogP) is 5.35. The second-order valence-corrected chi connectivity index (χ2v) is 7.50. The fraction of sp³-hybridized carbons (Fsp3) is 0.111. The van der Waals surface area contributed by atoms with Crippen molar-refractivity contribution in [2.45, 2.75) is 13.0 Å². The minimum absolute atomic E-state index is 0.174. The fourth-order valence-corrected chi connectivity index (χ4v) is 3.49. The Labute approximate surface area is 187 Å². The van der Waals surface area contributed by atoms with Crippen molar-refractivity contribution in [3.8, 4) is 5.75 Å². The molecule has 0 bridgehead atoms. The zero-order valence-corrected chi connectivity index (χ0v) is 17.7. The van der Waals surface area contributed by atoms with Crippen molar-refractivity contribution in [3.63, 3.8) is 0 Å². The summed E-state index contributed by atoms with van der Waals surface area (Å²) >= 11 is 0. The molecule has 0 aromatic heterocycles. The Bertz CT molecular complexity index is 1240. The van der Waals surface area contributed by atoms with Gasteiger partial charge in [0, 0.05) is 5.69 Å². The summed E-state index contributed by atoms with van der Waals surface area (Å²) in [5, 5.41) is 8.07. The molecule has 0 heterocycles. The van der Waals surface area contributed by atoms with Gasteiger partial charge in [-0.3, -0.25) is 9.59 Å². The Kier molecular flexibility index (Phi) is 6.46. The van der Waals surface area contributed by atoms with Crippen molar-refractivity contribution in [3.05, 3.63) is 108 Å². The van der Waals surface area contributed by atoms with E-state index >= 15 is 0 Å². The average Bonchev–Trinajstić information content (AvgIpc) is 2.83. The van der Waals surface area contributed by atoms with Crippen LogP contribution in [0.5, 0.6) is 5.75 Å². The van der Waals surface area contributed by atoms with Crippen molar-refractivity contribution in [2.75, 3.05) is 11.9 Å². The number of amides is 2. The monoisotopic (exact) mass is 424 g/mol. The van der Waals surface area contributed by atoms with Crippen LogP contribution in [0.1, 0.15) is 28.9 Å². The smallest absolute Gasteiger partial charge is 0.259 e. The van der Waals surface area contributed by atoms with Crippen LogP contribution in [0.4, 0.5) is 5.69 Å². The van der Waals surface area contributed by atoms with Gasteiger partial charge in [-0.1, -0.05) is 66.7 Å². The first-order valence-corrected chi connectivity index (χ1v) is 10.5. The zero-order chi connectivity index (χ0) is 22.3. The molecule has 0 saturated carbocycles. The van der Waals surface area contributed by atoms with Crippen LogP contribution in [0.25, 0.3) is 10.8 Å². The van der Waals surface area contributed by atoms with E-state index in [1.165, 1.54) is 0 Å². The number of carbonyl (C=O) groups is 2. The molecule has 32 heavy (non-hydrogen) atoms. The van der Waals surface area contributed by atoms with Gasteiger partial charge >= 0.3 is 0 Å². The van der Waals surface area contributed by atoms with Crippen molar-refractivity contribution in [1.29, 1.82) is 0 Å². The lowest BCUT2D eigenvalue weighted by molar-refractivity contribution is -0.123. The molecular formula is C27H24N2O3. The Balaban J connectivity index is 1.38. The van der Waals surface area contributed by atoms with E-state index in [-0.39, 0.29) is 24.5 Å². The predicted molar refractivity (Wildman–Crippen MR) is 127 cm³/mol. The molecule has 0 saturated heterocycles. The Morgan fingerprint density at radius 1 is 0.812 bits per heavy atom. The number of hydrogen-bond acceptors (Lipinski definition) is 3. The second kappa shape index (κ2) is 9.79. The van der Waals surface area contributed by atoms with E-state index in [1.807, 2.05) is 67.6 Å². The highest BCUT2D eigenvalue weighted by molar-refractivity contribution is 6.06. The molecule has 2 amide bonds. The van der Waals surface area contributed by atoms with Gasteiger partial charge in [-0.2, -0.15) is 0 Å². The lowest BCUT2D eigenvalue weighted by atomic mass is 10.0. The molecule has 4 rings (SSSR count). The highest BCUT2D eigenvalue weighted by atomic mass is 16.5. The van der Waals surface area contributed by atoms with E-state index in [4.69, 9.17) is 4.74 Å². The Hall–Kier alpha value is -4.12. The summed E-state index contributed by atoms with van der Waals surface area (Å²) in [5.74, 6) is -0.199. The highest BCUT2D eigenvalue weighted by Crippen LogP contribution is 2.21. The van der Waals surface area contributed by atoms with E-state index in [0.29, 0.717) is 17.0 Å². The highest BCUT2D eigenvalue weighted by Gasteiger charge is 2.15. The minimum atomic E-state index is -0.295. The maximum atomic E-state index is 12.7. The molecule has 0 aliphatic heterocycles. The third-order valence-electron chi connectivity index (χ3n) is 5.17. The molecule has 5 nitrogen and oxygen atoms in total. The molecule has 5 heteroatoms. The summed E-state index contributed by atoms with van der Waals surface area (Å²) in [6.45, 7) is 1.75. The number of nitrogens with one attached hydrogen (secondary N) is 2. The van der Waals surface area contributed by atoms with Gasteiger partial charge in [0.25, 0.3) is 11.8 Å². The van der Waals surface area contributed by atoms with Crippen LogP contribution in [-0.2, 0) is 4.79 Å². The first-order valence-electron chi connectivity index (χ1n) is 10.5. The van der Waals surface area contributed by atoms with E-state index in [9.17, 15) is 9.59 Å². The van der Waals surface area contributed by atoms with Gasteiger partial charge in [-0.05, 0) is 53.6 Å². The molecule has 1 atom stereocenters. The number of hydrogen-bond donors (Lipinski definition) is 2. The first kappa shape index (κ1) is 21.1. The first-order chi connectivity index (χ1) is 15.6. The van der Waals surface area contributed by atoms with Gasteiger partial charge < -0.3 is 15.4 Å². The average molecular weight is 425 g/mol. The maximum Gasteiger partial charge on any atom is 0.259 e. The Morgan fingerprint density at radius 2 is 1.50 bits per heavy atom. The number of para-hydroxylation sites is 2. The normalized spacial score (nSPS) is 11.5. The summed E-state index contributed by atoms with van der Waals surface area (Å²) in [7, 11) is 0. The van der Waals surface area contributed by atoms with Crippen LogP contribution >= 0.6 is 0 Å². The second-order valence-electron chi connectivity index (χ2n) is 7.50. The molecule has 0 fully saturated rings. The van der Waals surface area contributed by atoms with E-state index in [1.54, 1.807) is 24.3 Å². The largest absolute Gasteiger partial charge is 0.483 e. The van der Waals surface area contributed by atoms with Gasteiger partial charge in [0.05, 0.1) is 11.6 Å². The number of carbonyl (C=O) groups excluding carboxylic acids is 2. The van der Waals surface area contributed by atoms with Crippen LogP contribution in [0.2, 0.25) is 0 Å². The van der Waals surface area contributed by atoms with Crippen molar-refractivity contribution in [2.24, 2.45) is 0 Å². The Morgan fingerprint density at radius 3 is 2.31 bits per heavy atom. The zero-order valence-electron chi connectivity index (χ0n) is 17.7.